The number of carbonyl (C=O) groups excluding carboxylic acids is 1. The van der Waals surface area contributed by atoms with Crippen LogP contribution in [-0.4, -0.2) is 16.9 Å². The molecule has 124 valence electrons. The van der Waals surface area contributed by atoms with Crippen molar-refractivity contribution in [3.05, 3.63) is 35.3 Å². The van der Waals surface area contributed by atoms with E-state index in [0.29, 0.717) is 0 Å². The van der Waals surface area contributed by atoms with E-state index in [1.807, 2.05) is 36.6 Å². The van der Waals surface area contributed by atoms with E-state index in [4.69, 9.17) is 5.73 Å². The average Bonchev–Trinajstić information content (AvgIpc) is 2.94. The predicted octanol–water partition coefficient (Wildman–Crippen LogP) is 4.00. The zero-order chi connectivity index (χ0) is 15.5. The number of hydrogen-bond donors (Lipinski definition) is 2. The zero-order valence-corrected chi connectivity index (χ0v) is 14.8. The van der Waals surface area contributed by atoms with Gasteiger partial charge in [0.15, 0.2) is 0 Å². The van der Waals surface area contributed by atoms with E-state index in [-0.39, 0.29) is 30.3 Å². The van der Waals surface area contributed by atoms with Crippen molar-refractivity contribution in [3.63, 3.8) is 0 Å². The van der Waals surface area contributed by atoms with E-state index in [2.05, 4.69) is 10.3 Å². The third-order valence-corrected chi connectivity index (χ3v) is 5.11. The summed E-state index contributed by atoms with van der Waals surface area (Å²) in [5.41, 5.74) is 8.90. The van der Waals surface area contributed by atoms with E-state index >= 15 is 0 Å². The second-order valence-electron chi connectivity index (χ2n) is 5.98. The van der Waals surface area contributed by atoms with Crippen molar-refractivity contribution in [2.45, 2.75) is 38.6 Å². The summed E-state index contributed by atoms with van der Waals surface area (Å²) in [6, 6.07) is 8.04. The summed E-state index contributed by atoms with van der Waals surface area (Å²) < 4.78 is 0. The van der Waals surface area contributed by atoms with Gasteiger partial charge in [0.2, 0.25) is 5.91 Å². The van der Waals surface area contributed by atoms with Crippen LogP contribution in [0.25, 0.3) is 10.6 Å². The number of aryl methyl sites for hydroxylation is 1. The topological polar surface area (TPSA) is 68.0 Å². The summed E-state index contributed by atoms with van der Waals surface area (Å²) >= 11 is 1.63. The SMILES string of the molecule is Cc1csc(-c2ccc(NC(=O)C3CCCC(N)C3)cc2)n1.Cl. The monoisotopic (exact) mass is 351 g/mol. The van der Waals surface area contributed by atoms with Gasteiger partial charge in [-0.2, -0.15) is 0 Å². The maximum atomic E-state index is 12.3. The van der Waals surface area contributed by atoms with Crippen LogP contribution >= 0.6 is 23.7 Å². The van der Waals surface area contributed by atoms with Gasteiger partial charge in [0.25, 0.3) is 0 Å². The van der Waals surface area contributed by atoms with Crippen molar-refractivity contribution in [1.82, 2.24) is 4.98 Å². The Bertz CT molecular complexity index is 656. The van der Waals surface area contributed by atoms with Gasteiger partial charge in [-0.15, -0.1) is 23.7 Å². The molecular weight excluding hydrogens is 330 g/mol. The van der Waals surface area contributed by atoms with Crippen molar-refractivity contribution >= 4 is 35.3 Å². The van der Waals surface area contributed by atoms with Crippen LogP contribution in [0.15, 0.2) is 29.6 Å². The Hall–Kier alpha value is -1.43. The molecule has 3 rings (SSSR count). The summed E-state index contributed by atoms with van der Waals surface area (Å²) in [7, 11) is 0. The minimum absolute atomic E-state index is 0. The lowest BCUT2D eigenvalue weighted by Crippen LogP contribution is -2.34. The molecule has 0 saturated heterocycles. The number of nitrogens with zero attached hydrogens (tertiary/aromatic N) is 1. The fourth-order valence-corrected chi connectivity index (χ4v) is 3.70. The number of halogens is 1. The number of benzene rings is 1. The molecule has 23 heavy (non-hydrogen) atoms. The molecule has 6 heteroatoms. The van der Waals surface area contributed by atoms with Crippen molar-refractivity contribution < 1.29 is 4.79 Å². The predicted molar refractivity (Wildman–Crippen MR) is 98.1 cm³/mol. The first kappa shape index (κ1) is 17.9. The third-order valence-electron chi connectivity index (χ3n) is 4.10. The summed E-state index contributed by atoms with van der Waals surface area (Å²) in [5.74, 6) is 0.137. The van der Waals surface area contributed by atoms with Crippen LogP contribution in [0.5, 0.6) is 0 Å². The van der Waals surface area contributed by atoms with Crippen LogP contribution in [-0.2, 0) is 4.79 Å². The van der Waals surface area contributed by atoms with Crippen LogP contribution in [0.1, 0.15) is 31.4 Å². The minimum Gasteiger partial charge on any atom is -0.328 e. The minimum atomic E-state index is 0. The Morgan fingerprint density at radius 1 is 1.30 bits per heavy atom. The highest BCUT2D eigenvalue weighted by atomic mass is 35.5. The molecule has 1 heterocycles. The van der Waals surface area contributed by atoms with Gasteiger partial charge in [0.05, 0.1) is 0 Å². The molecular formula is C17H22ClN3OS. The van der Waals surface area contributed by atoms with Crippen LogP contribution in [0.3, 0.4) is 0 Å². The van der Waals surface area contributed by atoms with Gasteiger partial charge >= 0.3 is 0 Å². The Morgan fingerprint density at radius 3 is 2.65 bits per heavy atom. The zero-order valence-electron chi connectivity index (χ0n) is 13.1. The van der Waals surface area contributed by atoms with Crippen LogP contribution in [0.2, 0.25) is 0 Å². The molecule has 0 bridgehead atoms. The summed E-state index contributed by atoms with van der Waals surface area (Å²) in [6.45, 7) is 1.99. The van der Waals surface area contributed by atoms with Crippen LogP contribution in [0, 0.1) is 12.8 Å². The van der Waals surface area contributed by atoms with E-state index in [0.717, 1.165) is 47.6 Å². The summed E-state index contributed by atoms with van der Waals surface area (Å²) in [6.07, 6.45) is 3.81. The second-order valence-corrected chi connectivity index (χ2v) is 6.84. The number of thiazole rings is 1. The number of anilines is 1. The Labute approximate surface area is 146 Å². The summed E-state index contributed by atoms with van der Waals surface area (Å²) in [5, 5.41) is 6.05. The number of nitrogens with one attached hydrogen (secondary N) is 1. The molecule has 2 unspecified atom stereocenters. The van der Waals surface area contributed by atoms with Gasteiger partial charge in [0.1, 0.15) is 5.01 Å². The molecule has 3 N–H and O–H groups in total. The van der Waals surface area contributed by atoms with Crippen molar-refractivity contribution in [3.8, 4) is 10.6 Å². The van der Waals surface area contributed by atoms with Gasteiger partial charge in [-0.05, 0) is 50.5 Å². The highest BCUT2D eigenvalue weighted by molar-refractivity contribution is 7.13. The van der Waals surface area contributed by atoms with Gasteiger partial charge in [-0.3, -0.25) is 4.79 Å². The Balaban J connectivity index is 0.00000192. The van der Waals surface area contributed by atoms with E-state index in [9.17, 15) is 4.79 Å². The largest absolute Gasteiger partial charge is 0.328 e. The fourth-order valence-electron chi connectivity index (χ4n) is 2.89. The average molecular weight is 352 g/mol. The molecule has 2 aromatic rings. The van der Waals surface area contributed by atoms with Gasteiger partial charge in [-0.1, -0.05) is 6.42 Å². The molecule has 4 nitrogen and oxygen atoms in total. The first-order valence-corrected chi connectivity index (χ1v) is 8.59. The highest BCUT2D eigenvalue weighted by Gasteiger charge is 2.25. The Kier molecular flexibility index (Phi) is 6.16. The summed E-state index contributed by atoms with van der Waals surface area (Å²) in [4.78, 5) is 16.8. The molecule has 0 aliphatic heterocycles. The molecule has 1 saturated carbocycles. The first-order valence-electron chi connectivity index (χ1n) is 7.71. The lowest BCUT2D eigenvalue weighted by atomic mass is 9.85. The van der Waals surface area contributed by atoms with E-state index in [1.54, 1.807) is 11.3 Å². The fraction of sp³-hybridized carbons (Fsp3) is 0.412. The van der Waals surface area contributed by atoms with E-state index < -0.39 is 0 Å². The molecule has 1 aliphatic rings. The highest BCUT2D eigenvalue weighted by Crippen LogP contribution is 2.27. The lowest BCUT2D eigenvalue weighted by molar-refractivity contribution is -0.120. The van der Waals surface area contributed by atoms with Gasteiger partial charge in [-0.25, -0.2) is 4.98 Å². The second kappa shape index (κ2) is 7.90. The van der Waals surface area contributed by atoms with Crippen molar-refractivity contribution in [1.29, 1.82) is 0 Å². The molecule has 1 aliphatic carbocycles. The molecule has 1 aromatic heterocycles. The number of amides is 1. The molecule has 0 radical (unpaired) electrons. The normalized spacial score (nSPS) is 20.6. The molecule has 1 fully saturated rings. The standard InChI is InChI=1S/C17H21N3OS.ClH/c1-11-10-22-17(19-11)12-5-7-15(8-6-12)20-16(21)13-3-2-4-14(18)9-13;/h5-8,10,13-14H,2-4,9,18H2,1H3,(H,20,21);1H. The molecule has 2 atom stereocenters. The molecule has 1 amide bonds. The van der Waals surface area contributed by atoms with Crippen molar-refractivity contribution in [2.75, 3.05) is 5.32 Å². The number of aromatic nitrogens is 1. The Morgan fingerprint density at radius 2 is 2.04 bits per heavy atom. The quantitative estimate of drug-likeness (QED) is 0.878. The number of hydrogen-bond acceptors (Lipinski definition) is 4. The maximum Gasteiger partial charge on any atom is 0.227 e. The molecule has 1 aromatic carbocycles. The maximum absolute atomic E-state index is 12.3. The lowest BCUT2D eigenvalue weighted by Gasteiger charge is -2.25. The first-order chi connectivity index (χ1) is 10.6. The van der Waals surface area contributed by atoms with E-state index in [1.165, 1.54) is 0 Å². The van der Waals surface area contributed by atoms with Crippen LogP contribution in [0.4, 0.5) is 5.69 Å². The number of rotatable bonds is 3. The van der Waals surface area contributed by atoms with Gasteiger partial charge < -0.3 is 11.1 Å². The number of nitrogens with two attached hydrogens (primary N) is 1. The molecule has 0 spiro atoms. The third kappa shape index (κ3) is 4.53. The number of carbonyl (C=O) groups is 1. The smallest absolute Gasteiger partial charge is 0.227 e. The van der Waals surface area contributed by atoms with Gasteiger partial charge in [0, 0.05) is 34.3 Å². The van der Waals surface area contributed by atoms with Crippen molar-refractivity contribution in [2.24, 2.45) is 11.7 Å². The van der Waals surface area contributed by atoms with Crippen LogP contribution < -0.4 is 11.1 Å².